The number of aryl methyl sites for hydroxylation is 2. The molecule has 1 aliphatic rings. The third kappa shape index (κ3) is 6.86. The lowest BCUT2D eigenvalue weighted by atomic mass is 10.2. The van der Waals surface area contributed by atoms with Gasteiger partial charge >= 0.3 is 6.03 Å². The minimum absolute atomic E-state index is 0.0437. The second-order valence-electron chi connectivity index (χ2n) is 14.9. The topological polar surface area (TPSA) is 103 Å². The number of hydrogen-bond donors (Lipinski definition) is 0. The molecule has 0 bridgehead atoms. The Bertz CT molecular complexity index is 1500. The van der Waals surface area contributed by atoms with E-state index in [1.165, 1.54) is 4.90 Å². The fourth-order valence-electron chi connectivity index (χ4n) is 4.51. The van der Waals surface area contributed by atoms with E-state index in [4.69, 9.17) is 13.4 Å². The molecule has 0 aliphatic carbocycles. The number of carbonyl (C=O) groups is 2. The first kappa shape index (κ1) is 33.7. The Kier molecular flexibility index (Phi) is 9.13. The summed E-state index contributed by atoms with van der Waals surface area (Å²) in [7, 11) is -4.26. The molecule has 0 radical (unpaired) electrons. The monoisotopic (exact) mass is 639 g/mol. The van der Waals surface area contributed by atoms with Gasteiger partial charge in [0.2, 0.25) is 8.32 Å². The maximum Gasteiger partial charge on any atom is 0.332 e. The maximum absolute atomic E-state index is 14.0. The molecular weight excluding hydrogens is 591 g/mol. The highest BCUT2D eigenvalue weighted by molar-refractivity contribution is 6.75. The summed E-state index contributed by atoms with van der Waals surface area (Å²) in [5, 5.41) is 8.47. The first-order valence-electron chi connectivity index (χ1n) is 15.2. The van der Waals surface area contributed by atoms with E-state index in [1.807, 2.05) is 38.1 Å². The van der Waals surface area contributed by atoms with E-state index in [0.29, 0.717) is 18.0 Å². The number of amides is 3. The SMILES string of the molecule is Cc1noc(C)c1Cn1cc(N2C(=O)[C@H](CO[Si](C)(C)C(C)(C)C)N(Cc3cccc(O[Si](C)(C)C(C)(C)C)c3)C2=O)cn1. The summed E-state index contributed by atoms with van der Waals surface area (Å²) in [5.41, 5.74) is 3.00. The Labute approximate surface area is 263 Å². The molecule has 4 rings (SSSR count). The van der Waals surface area contributed by atoms with Crippen LogP contribution in [0.15, 0.2) is 41.2 Å². The number of benzene rings is 1. The van der Waals surface area contributed by atoms with Gasteiger partial charge in [-0.05, 0) is 67.8 Å². The molecule has 1 atom stereocenters. The van der Waals surface area contributed by atoms with Gasteiger partial charge in [-0.15, -0.1) is 0 Å². The molecule has 1 saturated heterocycles. The Hall–Kier alpha value is -3.23. The highest BCUT2D eigenvalue weighted by Gasteiger charge is 2.48. The second kappa shape index (κ2) is 11.9. The minimum Gasteiger partial charge on any atom is -0.543 e. The van der Waals surface area contributed by atoms with Gasteiger partial charge in [0.25, 0.3) is 5.91 Å². The summed E-state index contributed by atoms with van der Waals surface area (Å²) in [4.78, 5) is 30.9. The van der Waals surface area contributed by atoms with Crippen LogP contribution in [0.4, 0.5) is 10.5 Å². The zero-order valence-corrected chi connectivity index (χ0v) is 30.4. The van der Waals surface area contributed by atoms with Gasteiger partial charge < -0.3 is 18.3 Å². The molecular formula is C32H49N5O5Si2. The summed E-state index contributed by atoms with van der Waals surface area (Å²) in [6, 6.07) is 6.68. The molecule has 10 nitrogen and oxygen atoms in total. The van der Waals surface area contributed by atoms with Gasteiger partial charge in [-0.25, -0.2) is 9.69 Å². The molecule has 1 aliphatic heterocycles. The van der Waals surface area contributed by atoms with Crippen molar-refractivity contribution in [3.8, 4) is 5.75 Å². The van der Waals surface area contributed by atoms with E-state index in [9.17, 15) is 9.59 Å². The van der Waals surface area contributed by atoms with Crippen LogP contribution in [0.1, 0.15) is 64.1 Å². The predicted molar refractivity (Wildman–Crippen MR) is 177 cm³/mol. The van der Waals surface area contributed by atoms with Crippen LogP contribution in [0, 0.1) is 13.8 Å². The van der Waals surface area contributed by atoms with Crippen molar-refractivity contribution in [3.63, 3.8) is 0 Å². The van der Waals surface area contributed by atoms with E-state index in [-0.39, 0.29) is 29.1 Å². The van der Waals surface area contributed by atoms with Crippen molar-refractivity contribution in [1.82, 2.24) is 19.8 Å². The number of imide groups is 1. The second-order valence-corrected chi connectivity index (χ2v) is 24.4. The van der Waals surface area contributed by atoms with Crippen molar-refractivity contribution in [2.75, 3.05) is 11.5 Å². The standard InChI is InChI=1S/C32H49N5O5Si2/c1-22-27(23(2)41-34-22)20-35-19-25(17-33-35)37-29(38)28(21-40-43(9,10)31(3,4)5)36(30(37)39)18-24-14-13-15-26(16-24)42-44(11,12)32(6,7)8/h13-17,19,28H,18,20-21H2,1-12H3/t28-/m0/s1. The van der Waals surface area contributed by atoms with Crippen LogP contribution in [0.5, 0.6) is 5.75 Å². The molecule has 44 heavy (non-hydrogen) atoms. The smallest absolute Gasteiger partial charge is 0.332 e. The van der Waals surface area contributed by atoms with Gasteiger partial charge in [0.05, 0.1) is 30.7 Å². The van der Waals surface area contributed by atoms with Crippen molar-refractivity contribution in [1.29, 1.82) is 0 Å². The van der Waals surface area contributed by atoms with Gasteiger partial charge in [0, 0.05) is 18.3 Å². The third-order valence-electron chi connectivity index (χ3n) is 9.54. The van der Waals surface area contributed by atoms with Gasteiger partial charge in [-0.1, -0.05) is 58.8 Å². The zero-order valence-electron chi connectivity index (χ0n) is 28.4. The number of carbonyl (C=O) groups excluding carboxylic acids is 2. The molecule has 1 fully saturated rings. The van der Waals surface area contributed by atoms with Gasteiger partial charge in [0.15, 0.2) is 8.32 Å². The largest absolute Gasteiger partial charge is 0.543 e. The van der Waals surface area contributed by atoms with Gasteiger partial charge in [-0.2, -0.15) is 5.10 Å². The van der Waals surface area contributed by atoms with Crippen LogP contribution >= 0.6 is 0 Å². The molecule has 1 aromatic carbocycles. The molecule has 240 valence electrons. The van der Waals surface area contributed by atoms with E-state index in [2.05, 4.69) is 78.0 Å². The van der Waals surface area contributed by atoms with Gasteiger partial charge in [0.1, 0.15) is 17.6 Å². The van der Waals surface area contributed by atoms with Crippen LogP contribution in [0.2, 0.25) is 36.3 Å². The van der Waals surface area contributed by atoms with Crippen molar-refractivity contribution in [2.24, 2.45) is 0 Å². The first-order valence-corrected chi connectivity index (χ1v) is 21.0. The molecule has 2 aromatic heterocycles. The molecule has 0 saturated carbocycles. The fourth-order valence-corrected chi connectivity index (χ4v) is 6.54. The van der Waals surface area contributed by atoms with Crippen LogP contribution in [0.25, 0.3) is 0 Å². The number of urea groups is 1. The van der Waals surface area contributed by atoms with Crippen molar-refractivity contribution in [2.45, 2.75) is 111 Å². The lowest BCUT2D eigenvalue weighted by molar-refractivity contribution is -0.120. The zero-order chi connectivity index (χ0) is 32.8. The maximum atomic E-state index is 14.0. The first-order chi connectivity index (χ1) is 20.2. The number of rotatable bonds is 10. The number of aromatic nitrogens is 3. The Morgan fingerprint density at radius 3 is 2.20 bits per heavy atom. The molecule has 3 amide bonds. The highest BCUT2D eigenvalue weighted by Crippen LogP contribution is 2.39. The Morgan fingerprint density at radius 2 is 1.61 bits per heavy atom. The van der Waals surface area contributed by atoms with Crippen molar-refractivity contribution in [3.05, 3.63) is 59.2 Å². The third-order valence-corrected chi connectivity index (χ3v) is 18.4. The van der Waals surface area contributed by atoms with Gasteiger partial charge in [-0.3, -0.25) is 9.48 Å². The van der Waals surface area contributed by atoms with Crippen molar-refractivity contribution < 1.29 is 23.0 Å². The number of anilines is 1. The van der Waals surface area contributed by atoms with E-state index >= 15 is 0 Å². The molecule has 0 unspecified atom stereocenters. The Balaban J connectivity index is 1.63. The van der Waals surface area contributed by atoms with Crippen LogP contribution in [0.3, 0.4) is 0 Å². The minimum atomic E-state index is -2.20. The summed E-state index contributed by atoms with van der Waals surface area (Å²) in [5.74, 6) is 1.17. The quantitative estimate of drug-likeness (QED) is 0.170. The molecule has 0 N–H and O–H groups in total. The lowest BCUT2D eigenvalue weighted by Crippen LogP contribution is -2.46. The molecule has 0 spiro atoms. The van der Waals surface area contributed by atoms with E-state index < -0.39 is 28.7 Å². The van der Waals surface area contributed by atoms with Crippen LogP contribution in [-0.4, -0.2) is 61.1 Å². The van der Waals surface area contributed by atoms with Crippen molar-refractivity contribution >= 4 is 34.3 Å². The molecule has 3 heterocycles. The van der Waals surface area contributed by atoms with E-state index in [1.54, 1.807) is 22.0 Å². The summed E-state index contributed by atoms with van der Waals surface area (Å²) in [6.45, 7) is 26.3. The normalized spacial score (nSPS) is 16.8. The van der Waals surface area contributed by atoms with Crippen LogP contribution < -0.4 is 9.33 Å². The predicted octanol–water partition coefficient (Wildman–Crippen LogP) is 7.28. The summed E-state index contributed by atoms with van der Waals surface area (Å²) < 4.78 is 20.0. The Morgan fingerprint density at radius 1 is 0.955 bits per heavy atom. The van der Waals surface area contributed by atoms with E-state index in [0.717, 1.165) is 22.6 Å². The average molecular weight is 640 g/mol. The lowest BCUT2D eigenvalue weighted by Gasteiger charge is -2.37. The summed E-state index contributed by atoms with van der Waals surface area (Å²) >= 11 is 0. The molecule has 12 heteroatoms. The summed E-state index contributed by atoms with van der Waals surface area (Å²) in [6.07, 6.45) is 3.27. The fraction of sp³-hybridized carbons (Fsp3) is 0.562. The number of hydrogen-bond acceptors (Lipinski definition) is 7. The van der Waals surface area contributed by atoms with Crippen LogP contribution in [-0.2, 0) is 22.3 Å². The average Bonchev–Trinajstić information content (AvgIpc) is 3.54. The molecule has 3 aromatic rings. The highest BCUT2D eigenvalue weighted by atomic mass is 28.4. The number of nitrogens with zero attached hydrogens (tertiary/aromatic N) is 5.